The van der Waals surface area contributed by atoms with Crippen molar-refractivity contribution in [3.63, 3.8) is 0 Å². The average Bonchev–Trinajstić information content (AvgIpc) is 3.53. The van der Waals surface area contributed by atoms with E-state index in [1.807, 2.05) is 45.0 Å². The molecule has 1 fully saturated rings. The standard InChI is InChI=1S/C31H40N2O4/c1-7-21(2)28(22-12-15-26(16-13-22)36-25-10-8-9-11-25)32-29(35-6)24-14-17-27-23(20-24)18-19-33(27)30(34)37-31(3,4)5/h12-17,20,25H,7-11,18-19H2,1-6H3. The number of amides is 1. The molecule has 1 aliphatic carbocycles. The first-order valence-electron chi connectivity index (χ1n) is 13.4. The van der Waals surface area contributed by atoms with Gasteiger partial charge in [-0.25, -0.2) is 9.79 Å². The van der Waals surface area contributed by atoms with E-state index in [4.69, 9.17) is 19.2 Å². The first-order chi connectivity index (χ1) is 17.7. The molecular formula is C31H40N2O4. The summed E-state index contributed by atoms with van der Waals surface area (Å²) in [5, 5.41) is 0. The van der Waals surface area contributed by atoms with Gasteiger partial charge in [0.2, 0.25) is 5.90 Å². The molecule has 0 atom stereocenters. The molecule has 1 saturated carbocycles. The third-order valence-corrected chi connectivity index (χ3v) is 6.91. The molecule has 6 heteroatoms. The molecule has 198 valence electrons. The molecule has 2 aromatic carbocycles. The maximum atomic E-state index is 12.7. The van der Waals surface area contributed by atoms with Crippen LogP contribution in [0.2, 0.25) is 0 Å². The molecule has 1 aliphatic heterocycles. The number of aliphatic imine (C=N–C) groups is 1. The van der Waals surface area contributed by atoms with Crippen LogP contribution in [0, 0.1) is 0 Å². The SMILES string of the molecule is CCC(C)=C(N=C(OC)c1ccc2c(c1)CCN2C(=O)OC(C)(C)C)c1ccc(OC2CCCC2)cc1. The lowest BCUT2D eigenvalue weighted by atomic mass is 10.0. The highest BCUT2D eigenvalue weighted by molar-refractivity contribution is 5.99. The number of methoxy groups -OCH3 is 1. The Kier molecular flexibility index (Phi) is 8.25. The topological polar surface area (TPSA) is 60.4 Å². The molecule has 2 aromatic rings. The minimum absolute atomic E-state index is 0.316. The molecule has 37 heavy (non-hydrogen) atoms. The minimum atomic E-state index is -0.531. The highest BCUT2D eigenvalue weighted by Gasteiger charge is 2.29. The van der Waals surface area contributed by atoms with E-state index in [1.165, 1.54) is 18.4 Å². The Balaban J connectivity index is 1.58. The van der Waals surface area contributed by atoms with E-state index in [1.54, 1.807) is 12.0 Å². The lowest BCUT2D eigenvalue weighted by Crippen LogP contribution is -2.35. The molecule has 4 rings (SSSR count). The zero-order chi connectivity index (χ0) is 26.6. The van der Waals surface area contributed by atoms with E-state index in [0.717, 1.165) is 59.5 Å². The average molecular weight is 505 g/mol. The lowest BCUT2D eigenvalue weighted by Gasteiger charge is -2.24. The maximum Gasteiger partial charge on any atom is 0.414 e. The van der Waals surface area contributed by atoms with Gasteiger partial charge in [0, 0.05) is 17.7 Å². The van der Waals surface area contributed by atoms with Crippen LogP contribution in [0.25, 0.3) is 5.70 Å². The van der Waals surface area contributed by atoms with Crippen LogP contribution in [0.3, 0.4) is 0 Å². The van der Waals surface area contributed by atoms with Gasteiger partial charge in [0.25, 0.3) is 0 Å². The third kappa shape index (κ3) is 6.54. The van der Waals surface area contributed by atoms with Crippen molar-refractivity contribution in [3.05, 3.63) is 64.7 Å². The van der Waals surface area contributed by atoms with Gasteiger partial charge in [0.05, 0.1) is 24.6 Å². The summed E-state index contributed by atoms with van der Waals surface area (Å²) in [5.41, 5.74) is 5.43. The first kappa shape index (κ1) is 26.8. The molecule has 0 bridgehead atoms. The quantitative estimate of drug-likeness (QED) is 0.301. The molecule has 0 aromatic heterocycles. The number of hydrogen-bond acceptors (Lipinski definition) is 5. The molecule has 1 heterocycles. The number of hydrogen-bond donors (Lipinski definition) is 0. The van der Waals surface area contributed by atoms with Gasteiger partial charge in [-0.2, -0.15) is 0 Å². The van der Waals surface area contributed by atoms with Gasteiger partial charge in [-0.15, -0.1) is 0 Å². The van der Waals surface area contributed by atoms with Gasteiger partial charge < -0.3 is 14.2 Å². The molecule has 0 N–H and O–H groups in total. The van der Waals surface area contributed by atoms with Crippen LogP contribution in [-0.4, -0.2) is 37.4 Å². The second kappa shape index (κ2) is 11.4. The molecule has 1 amide bonds. The Morgan fingerprint density at radius 2 is 1.73 bits per heavy atom. The number of fused-ring (bicyclic) bond motifs is 1. The highest BCUT2D eigenvalue weighted by atomic mass is 16.6. The fraction of sp³-hybridized carbons (Fsp3) is 0.484. The van der Waals surface area contributed by atoms with Crippen LogP contribution in [0.15, 0.2) is 53.0 Å². The van der Waals surface area contributed by atoms with Crippen LogP contribution in [0.5, 0.6) is 5.75 Å². The third-order valence-electron chi connectivity index (χ3n) is 6.91. The molecular weight excluding hydrogens is 464 g/mol. The summed E-state index contributed by atoms with van der Waals surface area (Å²) in [5.74, 6) is 1.46. The van der Waals surface area contributed by atoms with Gasteiger partial charge in [-0.3, -0.25) is 4.90 Å². The monoisotopic (exact) mass is 504 g/mol. The van der Waals surface area contributed by atoms with E-state index in [-0.39, 0.29) is 6.09 Å². The van der Waals surface area contributed by atoms with Gasteiger partial charge in [0.15, 0.2) is 0 Å². The summed E-state index contributed by atoms with van der Waals surface area (Å²) in [6.07, 6.45) is 6.44. The Hall–Kier alpha value is -3.28. The number of benzene rings is 2. The van der Waals surface area contributed by atoms with Crippen molar-refractivity contribution in [2.45, 2.75) is 84.8 Å². The maximum absolute atomic E-state index is 12.7. The predicted molar refractivity (Wildman–Crippen MR) is 149 cm³/mol. The molecule has 0 unspecified atom stereocenters. The van der Waals surface area contributed by atoms with Crippen LogP contribution in [-0.2, 0) is 15.9 Å². The van der Waals surface area contributed by atoms with Crippen LogP contribution in [0.4, 0.5) is 10.5 Å². The second-order valence-electron chi connectivity index (χ2n) is 10.9. The summed E-state index contributed by atoms with van der Waals surface area (Å²) < 4.78 is 17.5. The smallest absolute Gasteiger partial charge is 0.414 e. The summed E-state index contributed by atoms with van der Waals surface area (Å²) in [7, 11) is 1.65. The summed E-state index contributed by atoms with van der Waals surface area (Å²) in [4.78, 5) is 19.4. The number of ether oxygens (including phenoxy) is 3. The molecule has 0 radical (unpaired) electrons. The molecule has 0 spiro atoms. The zero-order valence-electron chi connectivity index (χ0n) is 23.1. The summed E-state index contributed by atoms with van der Waals surface area (Å²) >= 11 is 0. The zero-order valence-corrected chi connectivity index (χ0v) is 23.1. The van der Waals surface area contributed by atoms with Crippen molar-refractivity contribution in [2.24, 2.45) is 4.99 Å². The Bertz CT molecular complexity index is 1170. The molecule has 2 aliphatic rings. The van der Waals surface area contributed by atoms with Crippen molar-refractivity contribution < 1.29 is 19.0 Å². The van der Waals surface area contributed by atoms with Crippen molar-refractivity contribution in [3.8, 4) is 5.75 Å². The van der Waals surface area contributed by atoms with Gasteiger partial charge in [-0.1, -0.05) is 6.92 Å². The van der Waals surface area contributed by atoms with Crippen LogP contribution < -0.4 is 9.64 Å². The van der Waals surface area contributed by atoms with Gasteiger partial charge in [0.1, 0.15) is 11.4 Å². The van der Waals surface area contributed by atoms with E-state index in [0.29, 0.717) is 18.5 Å². The number of anilines is 1. The first-order valence-corrected chi connectivity index (χ1v) is 13.4. The Labute approximate surface area is 221 Å². The van der Waals surface area contributed by atoms with Gasteiger partial charge in [-0.05, 0) is 120 Å². The lowest BCUT2D eigenvalue weighted by molar-refractivity contribution is 0.0584. The van der Waals surface area contributed by atoms with E-state index >= 15 is 0 Å². The highest BCUT2D eigenvalue weighted by Crippen LogP contribution is 2.32. The second-order valence-corrected chi connectivity index (χ2v) is 10.9. The number of nitrogens with zero attached hydrogens (tertiary/aromatic N) is 2. The van der Waals surface area contributed by atoms with E-state index in [2.05, 4.69) is 32.0 Å². The Morgan fingerprint density at radius 1 is 1.05 bits per heavy atom. The number of carbonyl (C=O) groups is 1. The largest absolute Gasteiger partial charge is 0.490 e. The van der Waals surface area contributed by atoms with Crippen LogP contribution in [0.1, 0.15) is 83.4 Å². The Morgan fingerprint density at radius 3 is 2.35 bits per heavy atom. The van der Waals surface area contributed by atoms with Crippen molar-refractivity contribution in [1.82, 2.24) is 0 Å². The fourth-order valence-electron chi connectivity index (χ4n) is 4.83. The number of carbonyl (C=O) groups excluding carboxylic acids is 1. The van der Waals surface area contributed by atoms with E-state index < -0.39 is 5.60 Å². The van der Waals surface area contributed by atoms with Gasteiger partial charge >= 0.3 is 6.09 Å². The van der Waals surface area contributed by atoms with Crippen molar-refractivity contribution in [2.75, 3.05) is 18.6 Å². The summed E-state index contributed by atoms with van der Waals surface area (Å²) in [6, 6.07) is 14.2. The molecule has 0 saturated heterocycles. The fourth-order valence-corrected chi connectivity index (χ4v) is 4.83. The minimum Gasteiger partial charge on any atom is -0.490 e. The predicted octanol–water partition coefficient (Wildman–Crippen LogP) is 7.54. The molecule has 6 nitrogen and oxygen atoms in total. The van der Waals surface area contributed by atoms with Crippen molar-refractivity contribution in [1.29, 1.82) is 0 Å². The summed E-state index contributed by atoms with van der Waals surface area (Å²) in [6.45, 7) is 10.5. The number of allylic oxidation sites excluding steroid dienone is 1. The van der Waals surface area contributed by atoms with Crippen molar-refractivity contribution >= 4 is 23.4 Å². The number of rotatable bonds is 6. The van der Waals surface area contributed by atoms with Crippen LogP contribution >= 0.6 is 0 Å². The van der Waals surface area contributed by atoms with E-state index in [9.17, 15) is 4.79 Å². The normalized spacial score (nSPS) is 16.9.